The van der Waals surface area contributed by atoms with Gasteiger partial charge in [0.05, 0.1) is 11.0 Å². The quantitative estimate of drug-likeness (QED) is 0.555. The Morgan fingerprint density at radius 3 is 2.72 bits per heavy atom. The van der Waals surface area contributed by atoms with Crippen molar-refractivity contribution in [2.24, 2.45) is 0 Å². The van der Waals surface area contributed by atoms with E-state index in [1.54, 1.807) is 4.90 Å². The van der Waals surface area contributed by atoms with Crippen LogP contribution in [0.3, 0.4) is 0 Å². The smallest absolute Gasteiger partial charge is 0.242 e. The molecule has 6 heteroatoms. The molecule has 1 aromatic heterocycles. The van der Waals surface area contributed by atoms with Crippen molar-refractivity contribution in [3.63, 3.8) is 0 Å². The standard InChI is InChI=1S/C26H32N4O2/c1-5-6-14-28(4)25(32)17-30-23-12-8-7-11-21(23)27-26(30)20-15-24(31)29(16-20)22-13-9-10-18(2)19(22)3/h7-13,20H,5-6,14-17H2,1-4H3. The highest BCUT2D eigenvalue weighted by molar-refractivity contribution is 5.97. The number of carbonyl (C=O) groups excluding carboxylic acids is 2. The Hall–Kier alpha value is -3.15. The van der Waals surface area contributed by atoms with Crippen LogP contribution in [0.1, 0.15) is 49.1 Å². The molecule has 6 nitrogen and oxygen atoms in total. The van der Waals surface area contributed by atoms with Gasteiger partial charge < -0.3 is 14.4 Å². The van der Waals surface area contributed by atoms with E-state index < -0.39 is 0 Å². The van der Waals surface area contributed by atoms with Crippen LogP contribution in [-0.4, -0.2) is 46.4 Å². The summed E-state index contributed by atoms with van der Waals surface area (Å²) >= 11 is 0. The molecule has 0 aliphatic carbocycles. The van der Waals surface area contributed by atoms with E-state index >= 15 is 0 Å². The Labute approximate surface area is 189 Å². The molecule has 0 spiro atoms. The van der Waals surface area contributed by atoms with Gasteiger partial charge in [-0.3, -0.25) is 9.59 Å². The first kappa shape index (κ1) is 22.1. The number of rotatable bonds is 7. The lowest BCUT2D eigenvalue weighted by molar-refractivity contribution is -0.130. The van der Waals surface area contributed by atoms with Crippen LogP contribution in [0.4, 0.5) is 5.69 Å². The topological polar surface area (TPSA) is 58.4 Å². The van der Waals surface area contributed by atoms with E-state index in [4.69, 9.17) is 4.98 Å². The molecule has 1 aliphatic heterocycles. The predicted octanol–water partition coefficient (Wildman–Crippen LogP) is 4.43. The fourth-order valence-corrected chi connectivity index (χ4v) is 4.49. The predicted molar refractivity (Wildman–Crippen MR) is 128 cm³/mol. The van der Waals surface area contributed by atoms with Crippen LogP contribution < -0.4 is 4.90 Å². The molecule has 0 bridgehead atoms. The molecule has 2 amide bonds. The summed E-state index contributed by atoms with van der Waals surface area (Å²) in [6.07, 6.45) is 2.44. The van der Waals surface area contributed by atoms with Gasteiger partial charge in [-0.2, -0.15) is 0 Å². The fourth-order valence-electron chi connectivity index (χ4n) is 4.49. The minimum absolute atomic E-state index is 0.0523. The molecule has 2 aromatic carbocycles. The van der Waals surface area contributed by atoms with Gasteiger partial charge in [-0.25, -0.2) is 4.98 Å². The van der Waals surface area contributed by atoms with E-state index in [0.717, 1.165) is 47.5 Å². The molecule has 1 fully saturated rings. The summed E-state index contributed by atoms with van der Waals surface area (Å²) < 4.78 is 2.02. The number of amides is 2. The number of fused-ring (bicyclic) bond motifs is 1. The Bertz CT molecular complexity index is 1150. The van der Waals surface area contributed by atoms with Gasteiger partial charge >= 0.3 is 0 Å². The zero-order valence-electron chi connectivity index (χ0n) is 19.5. The molecule has 1 aliphatic rings. The molecule has 0 N–H and O–H groups in total. The fraction of sp³-hybridized carbons (Fsp3) is 0.423. The molecular formula is C26H32N4O2. The summed E-state index contributed by atoms with van der Waals surface area (Å²) in [4.78, 5) is 34.5. The molecule has 32 heavy (non-hydrogen) atoms. The maximum atomic E-state index is 13.0. The number of benzene rings is 2. The van der Waals surface area contributed by atoms with Crippen LogP contribution in [0.25, 0.3) is 11.0 Å². The van der Waals surface area contributed by atoms with Crippen molar-refractivity contribution in [3.8, 4) is 0 Å². The average Bonchev–Trinajstić information content (AvgIpc) is 3.34. The Morgan fingerprint density at radius 1 is 1.16 bits per heavy atom. The number of aromatic nitrogens is 2. The van der Waals surface area contributed by atoms with E-state index in [-0.39, 0.29) is 24.3 Å². The summed E-state index contributed by atoms with van der Waals surface area (Å²) in [6.45, 7) is 7.82. The van der Waals surface area contributed by atoms with Gasteiger partial charge in [0.15, 0.2) is 0 Å². The zero-order valence-corrected chi connectivity index (χ0v) is 19.5. The van der Waals surface area contributed by atoms with E-state index in [1.807, 2.05) is 52.9 Å². The summed E-state index contributed by atoms with van der Waals surface area (Å²) in [5.41, 5.74) is 5.08. The third-order valence-electron chi connectivity index (χ3n) is 6.61. The van der Waals surface area contributed by atoms with Gasteiger partial charge in [-0.05, 0) is 49.6 Å². The molecular weight excluding hydrogens is 400 g/mol. The number of aryl methyl sites for hydroxylation is 1. The molecule has 1 saturated heterocycles. The summed E-state index contributed by atoms with van der Waals surface area (Å²) in [5.74, 6) is 0.945. The number of anilines is 1. The Kier molecular flexibility index (Phi) is 6.31. The maximum Gasteiger partial charge on any atom is 0.242 e. The van der Waals surface area contributed by atoms with E-state index in [0.29, 0.717) is 13.0 Å². The van der Waals surface area contributed by atoms with Gasteiger partial charge in [-0.15, -0.1) is 0 Å². The van der Waals surface area contributed by atoms with Gasteiger partial charge in [0.25, 0.3) is 0 Å². The first-order chi connectivity index (χ1) is 15.4. The summed E-state index contributed by atoms with van der Waals surface area (Å²) in [5, 5.41) is 0. The molecule has 4 rings (SSSR count). The molecule has 1 atom stereocenters. The second-order valence-corrected chi connectivity index (χ2v) is 8.84. The van der Waals surface area contributed by atoms with Crippen molar-refractivity contribution < 1.29 is 9.59 Å². The first-order valence-corrected chi connectivity index (χ1v) is 11.5. The van der Waals surface area contributed by atoms with Crippen molar-refractivity contribution in [2.45, 2.75) is 52.5 Å². The number of carbonyl (C=O) groups is 2. The van der Waals surface area contributed by atoms with E-state index in [2.05, 4.69) is 26.8 Å². The first-order valence-electron chi connectivity index (χ1n) is 11.5. The normalized spacial score (nSPS) is 16.2. The van der Waals surface area contributed by atoms with Crippen LogP contribution in [0.5, 0.6) is 0 Å². The molecule has 3 aromatic rings. The minimum Gasteiger partial charge on any atom is -0.344 e. The van der Waals surface area contributed by atoms with Crippen molar-refractivity contribution in [1.82, 2.24) is 14.5 Å². The molecule has 1 unspecified atom stereocenters. The third-order valence-corrected chi connectivity index (χ3v) is 6.61. The highest BCUT2D eigenvalue weighted by atomic mass is 16.2. The summed E-state index contributed by atoms with van der Waals surface area (Å²) in [7, 11) is 1.86. The average molecular weight is 433 g/mol. The Balaban J connectivity index is 1.66. The number of hydrogen-bond donors (Lipinski definition) is 0. The molecule has 0 radical (unpaired) electrons. The minimum atomic E-state index is -0.0523. The van der Waals surface area contributed by atoms with Crippen molar-refractivity contribution >= 4 is 28.5 Å². The Morgan fingerprint density at radius 2 is 1.94 bits per heavy atom. The van der Waals surface area contributed by atoms with Gasteiger partial charge in [0.1, 0.15) is 12.4 Å². The zero-order chi connectivity index (χ0) is 22.8. The van der Waals surface area contributed by atoms with Crippen LogP contribution in [0.15, 0.2) is 42.5 Å². The molecule has 168 valence electrons. The van der Waals surface area contributed by atoms with Gasteiger partial charge in [0.2, 0.25) is 11.8 Å². The van der Waals surface area contributed by atoms with Crippen LogP contribution in [-0.2, 0) is 16.1 Å². The van der Waals surface area contributed by atoms with Gasteiger partial charge in [-0.1, -0.05) is 37.6 Å². The lowest BCUT2D eigenvalue weighted by Crippen LogP contribution is -2.32. The van der Waals surface area contributed by atoms with Crippen molar-refractivity contribution in [2.75, 3.05) is 25.0 Å². The number of hydrogen-bond acceptors (Lipinski definition) is 3. The molecule has 2 heterocycles. The van der Waals surface area contributed by atoms with Gasteiger partial charge in [0, 0.05) is 38.2 Å². The van der Waals surface area contributed by atoms with Crippen molar-refractivity contribution in [3.05, 3.63) is 59.4 Å². The number of unbranched alkanes of at least 4 members (excludes halogenated alkanes) is 1. The summed E-state index contributed by atoms with van der Waals surface area (Å²) in [6, 6.07) is 14.0. The number of para-hydroxylation sites is 2. The van der Waals surface area contributed by atoms with Crippen molar-refractivity contribution in [1.29, 1.82) is 0 Å². The molecule has 0 saturated carbocycles. The lowest BCUT2D eigenvalue weighted by Gasteiger charge is -2.21. The monoisotopic (exact) mass is 432 g/mol. The van der Waals surface area contributed by atoms with Crippen LogP contribution in [0, 0.1) is 13.8 Å². The SMILES string of the molecule is CCCCN(C)C(=O)Cn1c(C2CC(=O)N(c3cccc(C)c3C)C2)nc2ccccc21. The third kappa shape index (κ3) is 4.14. The van der Waals surface area contributed by atoms with Crippen LogP contribution in [0.2, 0.25) is 0 Å². The second kappa shape index (κ2) is 9.15. The maximum absolute atomic E-state index is 13.0. The largest absolute Gasteiger partial charge is 0.344 e. The van der Waals surface area contributed by atoms with E-state index in [9.17, 15) is 9.59 Å². The second-order valence-electron chi connectivity index (χ2n) is 8.84. The number of imidazole rings is 1. The van der Waals surface area contributed by atoms with Crippen LogP contribution >= 0.6 is 0 Å². The number of nitrogens with zero attached hydrogens (tertiary/aromatic N) is 4. The number of likely N-dealkylation sites (N-methyl/N-ethyl adjacent to an activating group) is 1. The van der Waals surface area contributed by atoms with E-state index in [1.165, 1.54) is 5.56 Å². The highest BCUT2D eigenvalue weighted by Gasteiger charge is 2.35. The highest BCUT2D eigenvalue weighted by Crippen LogP contribution is 2.35. The lowest BCUT2D eigenvalue weighted by atomic mass is 10.1.